The van der Waals surface area contributed by atoms with Crippen molar-refractivity contribution in [3.63, 3.8) is 0 Å². The Hall–Kier alpha value is -3.79. The van der Waals surface area contributed by atoms with E-state index < -0.39 is 6.16 Å². The van der Waals surface area contributed by atoms with E-state index >= 15 is 0 Å². The number of methoxy groups -OCH3 is 1. The van der Waals surface area contributed by atoms with Crippen LogP contribution in [0.25, 0.3) is 0 Å². The molecule has 10 nitrogen and oxygen atoms in total. The Bertz CT molecular complexity index is 1180. The van der Waals surface area contributed by atoms with Crippen molar-refractivity contribution in [2.75, 3.05) is 33.4 Å². The zero-order chi connectivity index (χ0) is 27.9. The molecule has 39 heavy (non-hydrogen) atoms. The van der Waals surface area contributed by atoms with Crippen LogP contribution in [0.2, 0.25) is 0 Å². The van der Waals surface area contributed by atoms with Gasteiger partial charge >= 0.3 is 6.16 Å². The molecule has 1 saturated carbocycles. The molecular weight excluding hydrogens is 504 g/mol. The van der Waals surface area contributed by atoms with Crippen LogP contribution in [0.1, 0.15) is 55.3 Å². The fourth-order valence-corrected chi connectivity index (χ4v) is 4.95. The maximum absolute atomic E-state index is 11.8. The molecule has 0 aromatic heterocycles. The van der Waals surface area contributed by atoms with E-state index in [9.17, 15) is 9.59 Å². The summed E-state index contributed by atoms with van der Waals surface area (Å²) in [6.07, 6.45) is 2.35. The topological polar surface area (TPSA) is 126 Å². The highest BCUT2D eigenvalue weighted by Crippen LogP contribution is 2.36. The average Bonchev–Trinajstić information content (AvgIpc) is 3.51. The summed E-state index contributed by atoms with van der Waals surface area (Å²) in [4.78, 5) is 36.0. The van der Waals surface area contributed by atoms with Crippen molar-refractivity contribution in [1.29, 1.82) is 0 Å². The Balaban J connectivity index is 0.000000826. The second-order valence-corrected chi connectivity index (χ2v) is 10.1. The molecule has 1 saturated heterocycles. The molecule has 2 amide bonds. The maximum Gasteiger partial charge on any atom is 0.503 e. The Morgan fingerprint density at radius 3 is 2.46 bits per heavy atom. The molecule has 0 spiro atoms. The molecule has 2 heterocycles. The zero-order valence-electron chi connectivity index (χ0n) is 22.4. The van der Waals surface area contributed by atoms with Gasteiger partial charge in [0.05, 0.1) is 20.3 Å². The molecule has 3 aliphatic rings. The van der Waals surface area contributed by atoms with Crippen LogP contribution in [0.4, 0.5) is 4.79 Å². The molecule has 10 heteroatoms. The summed E-state index contributed by atoms with van der Waals surface area (Å²) in [5, 5.41) is 13.9. The average molecular weight is 541 g/mol. The molecular formula is C29H36N2O8. The number of hydrogen-bond acceptors (Lipinski definition) is 7. The fourth-order valence-electron chi connectivity index (χ4n) is 4.95. The highest BCUT2D eigenvalue weighted by molar-refractivity contribution is 6.01. The summed E-state index contributed by atoms with van der Waals surface area (Å²) in [6, 6.07) is 12.9. The van der Waals surface area contributed by atoms with Crippen LogP contribution in [0.3, 0.4) is 0 Å². The molecule has 2 N–H and O–H groups in total. The largest absolute Gasteiger partial charge is 0.503 e. The van der Waals surface area contributed by atoms with E-state index in [1.165, 1.54) is 28.9 Å². The summed E-state index contributed by atoms with van der Waals surface area (Å²) in [5.41, 5.74) is 3.80. The van der Waals surface area contributed by atoms with Crippen LogP contribution < -0.4 is 14.2 Å². The van der Waals surface area contributed by atoms with Gasteiger partial charge in [0.1, 0.15) is 12.4 Å². The Morgan fingerprint density at radius 2 is 1.79 bits per heavy atom. The van der Waals surface area contributed by atoms with Crippen molar-refractivity contribution in [3.8, 4) is 17.2 Å². The van der Waals surface area contributed by atoms with Crippen molar-refractivity contribution in [3.05, 3.63) is 53.1 Å². The Kier molecular flexibility index (Phi) is 9.29. The second kappa shape index (κ2) is 12.8. The van der Waals surface area contributed by atoms with Gasteiger partial charge in [-0.1, -0.05) is 18.2 Å². The highest BCUT2D eigenvalue weighted by atomic mass is 16.6. The minimum absolute atomic E-state index is 0.123. The second-order valence-electron chi connectivity index (χ2n) is 10.1. The quantitative estimate of drug-likeness (QED) is 0.400. The summed E-state index contributed by atoms with van der Waals surface area (Å²) in [6.45, 7) is 5.47. The number of carbonyl (C=O) groups excluding carboxylic acids is 2. The number of fused-ring (bicyclic) bond motifs is 1. The Labute approximate surface area is 228 Å². The minimum atomic E-state index is -1.83. The van der Waals surface area contributed by atoms with Crippen molar-refractivity contribution < 1.29 is 38.8 Å². The number of nitrogens with zero attached hydrogens (tertiary/aromatic N) is 2. The van der Waals surface area contributed by atoms with Gasteiger partial charge in [0.2, 0.25) is 11.8 Å². The number of carboxylic acid groups (broad SMARTS) is 2. The van der Waals surface area contributed by atoms with Crippen LogP contribution in [0, 0.1) is 5.92 Å². The standard InChI is InChI=1S/C28H34N2O5.CH2O3/c1-19(22-6-8-24-23(16-22)11-13-34-24)29(17-20-3-4-20)18-21-5-7-25(26(15-21)33-2)35-14-12-30-27(31)9-10-28(30)32;2-1(3)4/h5-8,15-16,19-20H,3-4,9-14,17-18H2,1-2H3;(H2,2,3,4)/t19-;/m1./s1. The van der Waals surface area contributed by atoms with E-state index in [-0.39, 0.29) is 25.0 Å². The lowest BCUT2D eigenvalue weighted by Gasteiger charge is -2.30. The van der Waals surface area contributed by atoms with Gasteiger partial charge in [0, 0.05) is 38.4 Å². The van der Waals surface area contributed by atoms with E-state index in [1.54, 1.807) is 7.11 Å². The molecule has 5 rings (SSSR count). The van der Waals surface area contributed by atoms with Crippen molar-refractivity contribution >= 4 is 18.0 Å². The number of carbonyl (C=O) groups is 3. The van der Waals surface area contributed by atoms with Crippen molar-refractivity contribution in [2.45, 2.75) is 51.6 Å². The van der Waals surface area contributed by atoms with Gasteiger partial charge in [-0.3, -0.25) is 19.4 Å². The van der Waals surface area contributed by atoms with Gasteiger partial charge in [0.15, 0.2) is 11.5 Å². The van der Waals surface area contributed by atoms with E-state index in [4.69, 9.17) is 29.2 Å². The van der Waals surface area contributed by atoms with Crippen LogP contribution in [0.15, 0.2) is 36.4 Å². The maximum atomic E-state index is 11.8. The van der Waals surface area contributed by atoms with Gasteiger partial charge in [-0.05, 0) is 60.6 Å². The molecule has 0 radical (unpaired) electrons. The van der Waals surface area contributed by atoms with E-state index in [1.807, 2.05) is 12.1 Å². The smallest absolute Gasteiger partial charge is 0.493 e. The van der Waals surface area contributed by atoms with Crippen molar-refractivity contribution in [2.24, 2.45) is 5.92 Å². The SMILES string of the molecule is COc1cc(CN(CC2CC2)[C@H](C)c2ccc3c(c2)CCO3)ccc1OCCN1C(=O)CCC1=O.O=C(O)O. The van der Waals surface area contributed by atoms with Crippen molar-refractivity contribution in [1.82, 2.24) is 9.80 Å². The molecule has 2 aromatic carbocycles. The number of benzene rings is 2. The predicted molar refractivity (Wildman–Crippen MR) is 142 cm³/mol. The first-order valence-corrected chi connectivity index (χ1v) is 13.3. The lowest BCUT2D eigenvalue weighted by molar-refractivity contribution is -0.138. The summed E-state index contributed by atoms with van der Waals surface area (Å²) in [7, 11) is 1.64. The number of ether oxygens (including phenoxy) is 3. The molecule has 1 atom stereocenters. The molecule has 210 valence electrons. The van der Waals surface area contributed by atoms with E-state index in [0.29, 0.717) is 30.4 Å². The van der Waals surface area contributed by atoms with Crippen LogP contribution in [-0.2, 0) is 22.6 Å². The van der Waals surface area contributed by atoms with Gasteiger partial charge in [-0.15, -0.1) is 0 Å². The molecule has 0 bridgehead atoms. The molecule has 0 unspecified atom stereocenters. The predicted octanol–water partition coefficient (Wildman–Crippen LogP) is 4.35. The monoisotopic (exact) mass is 540 g/mol. The van der Waals surface area contributed by atoms with Gasteiger partial charge in [-0.2, -0.15) is 0 Å². The summed E-state index contributed by atoms with van der Waals surface area (Å²) in [5.74, 6) is 2.83. The summed E-state index contributed by atoms with van der Waals surface area (Å²) >= 11 is 0. The van der Waals surface area contributed by atoms with Gasteiger partial charge in [-0.25, -0.2) is 4.79 Å². The van der Waals surface area contributed by atoms with E-state index in [0.717, 1.165) is 43.3 Å². The number of hydrogen-bond donors (Lipinski definition) is 2. The van der Waals surface area contributed by atoms with Crippen LogP contribution in [-0.4, -0.2) is 71.4 Å². The van der Waals surface area contributed by atoms with Gasteiger partial charge < -0.3 is 24.4 Å². The van der Waals surface area contributed by atoms with E-state index in [2.05, 4.69) is 36.1 Å². The Morgan fingerprint density at radius 1 is 1.08 bits per heavy atom. The molecule has 2 aromatic rings. The lowest BCUT2D eigenvalue weighted by atomic mass is 10.0. The first-order valence-electron chi connectivity index (χ1n) is 13.3. The van der Waals surface area contributed by atoms with Crippen LogP contribution >= 0.6 is 0 Å². The van der Waals surface area contributed by atoms with Gasteiger partial charge in [0.25, 0.3) is 0 Å². The third kappa shape index (κ3) is 7.63. The summed E-state index contributed by atoms with van der Waals surface area (Å²) < 4.78 is 17.2. The zero-order valence-corrected chi connectivity index (χ0v) is 22.4. The normalized spacial score (nSPS) is 16.8. The lowest BCUT2D eigenvalue weighted by Crippen LogP contribution is -2.33. The molecule has 2 aliphatic heterocycles. The number of likely N-dealkylation sites (tertiary alicyclic amines) is 1. The van der Waals surface area contributed by atoms with Crippen LogP contribution in [0.5, 0.6) is 17.2 Å². The number of amides is 2. The first-order chi connectivity index (χ1) is 18.7. The highest BCUT2D eigenvalue weighted by Gasteiger charge is 2.29. The molecule has 1 aliphatic carbocycles. The number of rotatable bonds is 11. The molecule has 2 fully saturated rings. The number of imide groups is 1. The third-order valence-electron chi connectivity index (χ3n) is 7.27. The first kappa shape index (κ1) is 28.2. The fraction of sp³-hybridized carbons (Fsp3) is 0.483. The minimum Gasteiger partial charge on any atom is -0.493 e. The third-order valence-corrected chi connectivity index (χ3v) is 7.27.